The van der Waals surface area contributed by atoms with Gasteiger partial charge in [0.1, 0.15) is 23.9 Å². The van der Waals surface area contributed by atoms with E-state index >= 15 is 0 Å². The molecule has 4 heterocycles. The summed E-state index contributed by atoms with van der Waals surface area (Å²) >= 11 is 0. The van der Waals surface area contributed by atoms with Gasteiger partial charge in [-0.05, 0) is 54.9 Å². The molecular weight excluding hydrogens is 404 g/mol. The lowest BCUT2D eigenvalue weighted by Crippen LogP contribution is -2.29. The minimum absolute atomic E-state index is 0.00147. The van der Waals surface area contributed by atoms with Crippen LogP contribution >= 0.6 is 0 Å². The van der Waals surface area contributed by atoms with Crippen LogP contribution in [-0.4, -0.2) is 55.4 Å². The summed E-state index contributed by atoms with van der Waals surface area (Å²) in [6.45, 7) is 0.715. The Morgan fingerprint density at radius 3 is 2.94 bits per heavy atom. The van der Waals surface area contributed by atoms with E-state index in [4.69, 9.17) is 10.7 Å². The molecule has 0 saturated heterocycles. The number of aromatic nitrogens is 3. The summed E-state index contributed by atoms with van der Waals surface area (Å²) in [4.78, 5) is 17.6. The third-order valence-corrected chi connectivity index (χ3v) is 7.29. The first-order chi connectivity index (χ1) is 15.6. The van der Waals surface area contributed by atoms with Gasteiger partial charge in [0.25, 0.3) is 0 Å². The molecule has 3 aromatic rings. The van der Waals surface area contributed by atoms with E-state index in [-0.39, 0.29) is 12.0 Å². The zero-order valence-electron chi connectivity index (χ0n) is 17.7. The quantitative estimate of drug-likeness (QED) is 0.586. The molecule has 0 spiro atoms. The third kappa shape index (κ3) is 3.13. The number of hydrogen-bond donors (Lipinski definition) is 3. The van der Waals surface area contributed by atoms with Gasteiger partial charge in [-0.3, -0.25) is 9.98 Å². The van der Waals surface area contributed by atoms with E-state index in [2.05, 4.69) is 33.2 Å². The number of aliphatic imine (C=N–C) groups is 2. The first-order valence-electron chi connectivity index (χ1n) is 11.2. The van der Waals surface area contributed by atoms with Gasteiger partial charge >= 0.3 is 0 Å². The Bertz CT molecular complexity index is 1250. The summed E-state index contributed by atoms with van der Waals surface area (Å²) in [5.74, 6) is 0.789. The highest BCUT2D eigenvalue weighted by molar-refractivity contribution is 6.06. The van der Waals surface area contributed by atoms with Crippen LogP contribution in [0.1, 0.15) is 30.0 Å². The van der Waals surface area contributed by atoms with E-state index in [9.17, 15) is 10.2 Å². The topological polar surface area (TPSA) is 122 Å². The van der Waals surface area contributed by atoms with Crippen molar-refractivity contribution in [2.75, 3.05) is 12.3 Å². The summed E-state index contributed by atoms with van der Waals surface area (Å²) < 4.78 is 1.93. The number of hydrogen-bond acceptors (Lipinski definition) is 7. The molecule has 8 heteroatoms. The molecule has 0 amide bonds. The number of aliphatic hydroxyl groups is 2. The second-order valence-corrected chi connectivity index (χ2v) is 9.17. The van der Waals surface area contributed by atoms with Crippen LogP contribution in [0, 0.1) is 11.8 Å². The second kappa shape index (κ2) is 7.50. The Morgan fingerprint density at radius 2 is 2.03 bits per heavy atom. The van der Waals surface area contributed by atoms with Crippen LogP contribution in [0.3, 0.4) is 0 Å². The predicted molar refractivity (Wildman–Crippen MR) is 124 cm³/mol. The van der Waals surface area contributed by atoms with Crippen molar-refractivity contribution in [3.8, 4) is 0 Å². The molecule has 2 aliphatic heterocycles. The number of rotatable bonds is 4. The summed E-state index contributed by atoms with van der Waals surface area (Å²) in [7, 11) is 0. The smallest absolute Gasteiger partial charge is 0.145 e. The number of nitrogens with two attached hydrogens (primary N) is 1. The SMILES string of the molecule is Nc1ncnc2c1ccn2[C@@H]1C[C@H](CCc2ccc3c(c2)N=C2CN=CC2C3)[C@@H](O)[C@H]1O. The van der Waals surface area contributed by atoms with Gasteiger partial charge in [-0.2, -0.15) is 0 Å². The van der Waals surface area contributed by atoms with Crippen LogP contribution in [0.25, 0.3) is 11.0 Å². The first kappa shape index (κ1) is 19.6. The number of benzene rings is 1. The Kier molecular flexibility index (Phi) is 4.58. The number of nitrogen functional groups attached to an aromatic ring is 1. The molecule has 0 bridgehead atoms. The zero-order valence-corrected chi connectivity index (χ0v) is 17.7. The number of nitrogens with zero attached hydrogens (tertiary/aromatic N) is 5. The molecule has 1 unspecified atom stereocenters. The van der Waals surface area contributed by atoms with Crippen LogP contribution in [0.2, 0.25) is 0 Å². The van der Waals surface area contributed by atoms with Crippen molar-refractivity contribution in [2.24, 2.45) is 21.8 Å². The average Bonchev–Trinajstić information content (AvgIpc) is 3.50. The van der Waals surface area contributed by atoms with Gasteiger partial charge in [-0.25, -0.2) is 9.97 Å². The van der Waals surface area contributed by atoms with Gasteiger partial charge in [-0.1, -0.05) is 12.1 Å². The summed E-state index contributed by atoms with van der Waals surface area (Å²) in [5.41, 5.74) is 11.3. The lowest BCUT2D eigenvalue weighted by atomic mass is 9.90. The average molecular weight is 431 g/mol. The molecule has 1 saturated carbocycles. The Hall–Kier alpha value is -3.10. The number of aryl methyl sites for hydroxylation is 1. The number of fused-ring (bicyclic) bond motifs is 3. The van der Waals surface area contributed by atoms with Crippen molar-refractivity contribution >= 4 is 34.5 Å². The van der Waals surface area contributed by atoms with E-state index in [0.29, 0.717) is 30.3 Å². The van der Waals surface area contributed by atoms with E-state index in [1.807, 2.05) is 23.0 Å². The monoisotopic (exact) mass is 430 g/mol. The van der Waals surface area contributed by atoms with Crippen molar-refractivity contribution in [1.82, 2.24) is 14.5 Å². The van der Waals surface area contributed by atoms with E-state index in [1.54, 1.807) is 0 Å². The Labute approximate surface area is 185 Å². The van der Waals surface area contributed by atoms with Gasteiger partial charge in [0.15, 0.2) is 0 Å². The van der Waals surface area contributed by atoms with Gasteiger partial charge in [0.05, 0.1) is 29.8 Å². The predicted octanol–water partition coefficient (Wildman–Crippen LogP) is 2.26. The molecule has 1 fully saturated rings. The summed E-state index contributed by atoms with van der Waals surface area (Å²) in [5, 5.41) is 22.3. The molecule has 5 atom stereocenters. The molecule has 4 N–H and O–H groups in total. The highest BCUT2D eigenvalue weighted by Gasteiger charge is 2.42. The molecule has 3 aliphatic rings. The molecular formula is C24H26N6O2. The maximum atomic E-state index is 10.8. The standard InChI is InChI=1S/C24H26N6O2/c25-23-17-5-6-30(24(17)28-12-27-23)20-9-15(21(31)22(20)32)4-2-13-1-3-14-8-16-10-26-11-19(16)29-18(14)7-13/h1,3,5-7,10,12,15-16,20-22,31-32H,2,4,8-9,11H2,(H2,25,27,28)/t15-,16?,20+,21+,22-/m0/s1. The molecule has 8 nitrogen and oxygen atoms in total. The fourth-order valence-corrected chi connectivity index (χ4v) is 5.47. The van der Waals surface area contributed by atoms with Crippen molar-refractivity contribution in [1.29, 1.82) is 0 Å². The van der Waals surface area contributed by atoms with Crippen molar-refractivity contribution in [3.05, 3.63) is 47.9 Å². The lowest BCUT2D eigenvalue weighted by Gasteiger charge is -2.19. The van der Waals surface area contributed by atoms with Gasteiger partial charge in [-0.15, -0.1) is 0 Å². The van der Waals surface area contributed by atoms with Crippen molar-refractivity contribution in [2.45, 2.75) is 43.9 Å². The normalized spacial score (nSPS) is 28.7. The zero-order chi connectivity index (χ0) is 21.8. The number of anilines is 1. The van der Waals surface area contributed by atoms with Gasteiger partial charge in [0.2, 0.25) is 0 Å². The molecule has 6 rings (SSSR count). The highest BCUT2D eigenvalue weighted by Crippen LogP contribution is 2.40. The minimum atomic E-state index is -0.846. The van der Waals surface area contributed by atoms with E-state index in [0.717, 1.165) is 36.0 Å². The van der Waals surface area contributed by atoms with Crippen molar-refractivity contribution < 1.29 is 10.2 Å². The molecule has 0 radical (unpaired) electrons. The van der Waals surface area contributed by atoms with Crippen LogP contribution in [0.15, 0.2) is 46.8 Å². The maximum Gasteiger partial charge on any atom is 0.145 e. The third-order valence-electron chi connectivity index (χ3n) is 7.29. The second-order valence-electron chi connectivity index (χ2n) is 9.17. The fraction of sp³-hybridized carbons (Fsp3) is 0.417. The number of aliphatic hydroxyl groups excluding tert-OH is 2. The summed E-state index contributed by atoms with van der Waals surface area (Å²) in [6.07, 6.45) is 7.00. The molecule has 1 aliphatic carbocycles. The largest absolute Gasteiger partial charge is 0.390 e. The molecule has 32 heavy (non-hydrogen) atoms. The van der Waals surface area contributed by atoms with Crippen LogP contribution in [0.5, 0.6) is 0 Å². The molecule has 164 valence electrons. The highest BCUT2D eigenvalue weighted by atomic mass is 16.3. The van der Waals surface area contributed by atoms with E-state index < -0.39 is 12.2 Å². The Morgan fingerprint density at radius 1 is 1.12 bits per heavy atom. The van der Waals surface area contributed by atoms with Crippen molar-refractivity contribution in [3.63, 3.8) is 0 Å². The van der Waals surface area contributed by atoms with Crippen LogP contribution in [-0.2, 0) is 12.8 Å². The molecule has 1 aromatic carbocycles. The van der Waals surface area contributed by atoms with Gasteiger partial charge < -0.3 is 20.5 Å². The fourth-order valence-electron chi connectivity index (χ4n) is 5.47. The van der Waals surface area contributed by atoms with Gasteiger partial charge in [0, 0.05) is 24.0 Å². The maximum absolute atomic E-state index is 10.8. The molecule has 2 aromatic heterocycles. The Balaban J connectivity index is 1.18. The van der Waals surface area contributed by atoms with Crippen LogP contribution in [0.4, 0.5) is 11.5 Å². The minimum Gasteiger partial charge on any atom is -0.390 e. The lowest BCUT2D eigenvalue weighted by molar-refractivity contribution is 0.00545. The van der Waals surface area contributed by atoms with E-state index in [1.165, 1.54) is 17.5 Å². The summed E-state index contributed by atoms with van der Waals surface area (Å²) in [6, 6.07) is 8.14. The van der Waals surface area contributed by atoms with Crippen LogP contribution < -0.4 is 5.73 Å². The first-order valence-corrected chi connectivity index (χ1v) is 11.2.